The monoisotopic (exact) mass is 1060 g/mol. The fourth-order valence-electron chi connectivity index (χ4n) is 10.7. The van der Waals surface area contributed by atoms with E-state index in [1.54, 1.807) is 6.08 Å². The van der Waals surface area contributed by atoms with Crippen molar-refractivity contribution in [1.29, 1.82) is 0 Å². The zero-order chi connectivity index (χ0) is 54.3. The molecule has 0 saturated heterocycles. The van der Waals surface area contributed by atoms with Crippen LogP contribution in [-0.4, -0.2) is 47.4 Å². The molecule has 0 heterocycles. The smallest absolute Gasteiger partial charge is 0.305 e. The molecule has 0 rings (SSSR count). The highest BCUT2D eigenvalue weighted by Gasteiger charge is 2.18. The highest BCUT2D eigenvalue weighted by Crippen LogP contribution is 2.18. The number of carbonyl (C=O) groups is 2. The normalized spacial score (nSPS) is 12.6. The van der Waals surface area contributed by atoms with Crippen molar-refractivity contribution in [3.63, 3.8) is 0 Å². The van der Waals surface area contributed by atoms with Crippen LogP contribution in [0.5, 0.6) is 0 Å². The van der Waals surface area contributed by atoms with Crippen molar-refractivity contribution in [2.75, 3.05) is 13.2 Å². The number of allylic oxidation sites excluding steroid dienone is 3. The van der Waals surface area contributed by atoms with Crippen molar-refractivity contribution < 1.29 is 24.5 Å². The second kappa shape index (κ2) is 64.9. The van der Waals surface area contributed by atoms with Crippen LogP contribution in [0, 0.1) is 0 Å². The van der Waals surface area contributed by atoms with Gasteiger partial charge in [-0.3, -0.25) is 9.59 Å². The average molecular weight is 1060 g/mol. The van der Waals surface area contributed by atoms with E-state index in [1.807, 2.05) is 6.08 Å². The number of aliphatic hydroxyl groups excluding tert-OH is 2. The fourth-order valence-corrected chi connectivity index (χ4v) is 10.7. The van der Waals surface area contributed by atoms with Gasteiger partial charge in [0.25, 0.3) is 0 Å². The Hall–Kier alpha value is -1.66. The Morgan fingerprint density at radius 1 is 0.360 bits per heavy atom. The van der Waals surface area contributed by atoms with E-state index in [1.165, 1.54) is 315 Å². The SMILES string of the molecule is CCCCCCCCCCCCCCCCCCC/C=C/C(O)C(CO)NC(=O)CCCCCCCCCCCCC/C=C\CCCCCCCCCCCCCCOC(=O)CCCCCCCCCCCCCC. The third kappa shape index (κ3) is 61.4. The molecule has 0 aromatic rings. The maximum absolute atomic E-state index is 12.5. The Morgan fingerprint density at radius 3 is 0.947 bits per heavy atom. The molecule has 2 unspecified atom stereocenters. The predicted octanol–water partition coefficient (Wildman–Crippen LogP) is 21.8. The van der Waals surface area contributed by atoms with Crippen molar-refractivity contribution in [3.05, 3.63) is 24.3 Å². The van der Waals surface area contributed by atoms with Gasteiger partial charge in [0, 0.05) is 12.8 Å². The van der Waals surface area contributed by atoms with Crippen LogP contribution in [0.3, 0.4) is 0 Å². The fraction of sp³-hybridized carbons (Fsp3) is 0.913. The number of hydrogen-bond acceptors (Lipinski definition) is 5. The number of carbonyl (C=O) groups excluding carboxylic acids is 2. The second-order valence-electron chi connectivity index (χ2n) is 23.5. The molecule has 1 amide bonds. The maximum Gasteiger partial charge on any atom is 0.305 e. The highest BCUT2D eigenvalue weighted by molar-refractivity contribution is 5.76. The van der Waals surface area contributed by atoms with E-state index in [4.69, 9.17) is 4.74 Å². The minimum Gasteiger partial charge on any atom is -0.466 e. The predicted molar refractivity (Wildman–Crippen MR) is 329 cm³/mol. The van der Waals surface area contributed by atoms with Crippen LogP contribution < -0.4 is 5.32 Å². The van der Waals surface area contributed by atoms with E-state index in [9.17, 15) is 19.8 Å². The number of ether oxygens (including phenoxy) is 1. The molecule has 6 heteroatoms. The summed E-state index contributed by atoms with van der Waals surface area (Å²) in [5, 5.41) is 23.2. The minimum atomic E-state index is -0.845. The maximum atomic E-state index is 12.5. The molecule has 2 atom stereocenters. The van der Waals surface area contributed by atoms with Crippen molar-refractivity contribution in [2.45, 2.75) is 392 Å². The van der Waals surface area contributed by atoms with Gasteiger partial charge in [0.2, 0.25) is 5.91 Å². The van der Waals surface area contributed by atoms with Crippen LogP contribution in [0.15, 0.2) is 24.3 Å². The lowest BCUT2D eigenvalue weighted by Gasteiger charge is -2.20. The number of hydrogen-bond donors (Lipinski definition) is 3. The third-order valence-corrected chi connectivity index (χ3v) is 16.0. The van der Waals surface area contributed by atoms with Crippen molar-refractivity contribution >= 4 is 11.9 Å². The first-order valence-electron chi connectivity index (χ1n) is 34.1. The number of nitrogens with one attached hydrogen (secondary N) is 1. The Bertz CT molecular complexity index is 1170. The molecule has 0 spiro atoms. The van der Waals surface area contributed by atoms with Gasteiger partial charge in [-0.1, -0.05) is 334 Å². The van der Waals surface area contributed by atoms with Gasteiger partial charge < -0.3 is 20.3 Å². The van der Waals surface area contributed by atoms with Crippen LogP contribution in [0.4, 0.5) is 0 Å². The first-order valence-corrected chi connectivity index (χ1v) is 34.1. The highest BCUT2D eigenvalue weighted by atomic mass is 16.5. The molecule has 0 bridgehead atoms. The summed E-state index contributed by atoms with van der Waals surface area (Å²) in [6, 6.07) is -0.629. The zero-order valence-electron chi connectivity index (χ0n) is 50.8. The molecular formula is C69H133NO5. The van der Waals surface area contributed by atoms with Crippen LogP contribution in [0.1, 0.15) is 380 Å². The summed E-state index contributed by atoms with van der Waals surface area (Å²) >= 11 is 0. The summed E-state index contributed by atoms with van der Waals surface area (Å²) in [7, 11) is 0. The number of rotatable bonds is 64. The van der Waals surface area contributed by atoms with E-state index >= 15 is 0 Å². The van der Waals surface area contributed by atoms with E-state index in [0.717, 1.165) is 38.5 Å². The van der Waals surface area contributed by atoms with Gasteiger partial charge >= 0.3 is 5.97 Å². The van der Waals surface area contributed by atoms with Gasteiger partial charge in [0.15, 0.2) is 0 Å². The largest absolute Gasteiger partial charge is 0.466 e. The Labute approximate surface area is 469 Å². The quantitative estimate of drug-likeness (QED) is 0.0320. The Morgan fingerprint density at radius 2 is 0.627 bits per heavy atom. The molecule has 444 valence electrons. The van der Waals surface area contributed by atoms with E-state index in [0.29, 0.717) is 19.4 Å². The summed E-state index contributed by atoms with van der Waals surface area (Å²) in [6.07, 6.45) is 81.0. The topological polar surface area (TPSA) is 95.9 Å². The number of aliphatic hydroxyl groups is 2. The van der Waals surface area contributed by atoms with Gasteiger partial charge in [-0.15, -0.1) is 0 Å². The molecule has 0 radical (unpaired) electrons. The number of amides is 1. The van der Waals surface area contributed by atoms with Crippen LogP contribution in [0.25, 0.3) is 0 Å². The third-order valence-electron chi connectivity index (χ3n) is 16.0. The van der Waals surface area contributed by atoms with Gasteiger partial charge in [0.05, 0.1) is 25.4 Å². The molecule has 6 nitrogen and oxygen atoms in total. The number of unbranched alkanes of at least 4 members (excludes halogenated alkanes) is 51. The summed E-state index contributed by atoms with van der Waals surface area (Å²) in [4.78, 5) is 24.5. The first-order chi connectivity index (χ1) is 37.0. The second-order valence-corrected chi connectivity index (χ2v) is 23.5. The molecule has 3 N–H and O–H groups in total. The van der Waals surface area contributed by atoms with E-state index in [-0.39, 0.29) is 18.5 Å². The lowest BCUT2D eigenvalue weighted by Crippen LogP contribution is -2.45. The molecule has 0 aliphatic heterocycles. The van der Waals surface area contributed by atoms with Gasteiger partial charge in [-0.25, -0.2) is 0 Å². The molecule has 0 aromatic carbocycles. The Kier molecular flexibility index (Phi) is 63.4. The van der Waals surface area contributed by atoms with Gasteiger partial charge in [-0.05, 0) is 57.8 Å². The lowest BCUT2D eigenvalue weighted by atomic mass is 10.0. The first kappa shape index (κ1) is 73.3. The molecule has 0 aliphatic rings. The summed E-state index contributed by atoms with van der Waals surface area (Å²) < 4.78 is 5.48. The average Bonchev–Trinajstić information content (AvgIpc) is 3.41. The van der Waals surface area contributed by atoms with E-state index in [2.05, 4.69) is 31.3 Å². The van der Waals surface area contributed by atoms with Crippen LogP contribution >= 0.6 is 0 Å². The van der Waals surface area contributed by atoms with E-state index < -0.39 is 12.1 Å². The molecular weight excluding hydrogens is 923 g/mol. The number of esters is 1. The Balaban J connectivity index is 3.41. The van der Waals surface area contributed by atoms with Crippen LogP contribution in [-0.2, 0) is 14.3 Å². The zero-order valence-corrected chi connectivity index (χ0v) is 50.8. The molecule has 0 aromatic heterocycles. The van der Waals surface area contributed by atoms with Gasteiger partial charge in [-0.2, -0.15) is 0 Å². The lowest BCUT2D eigenvalue weighted by molar-refractivity contribution is -0.143. The van der Waals surface area contributed by atoms with Crippen LogP contribution in [0.2, 0.25) is 0 Å². The molecule has 0 saturated carbocycles. The van der Waals surface area contributed by atoms with Crippen molar-refractivity contribution in [1.82, 2.24) is 5.32 Å². The summed E-state index contributed by atoms with van der Waals surface area (Å²) in [5.74, 6) is -0.0494. The molecule has 0 aliphatic carbocycles. The summed E-state index contributed by atoms with van der Waals surface area (Å²) in [6.45, 7) is 4.94. The van der Waals surface area contributed by atoms with Crippen molar-refractivity contribution in [3.8, 4) is 0 Å². The minimum absolute atomic E-state index is 0.0160. The van der Waals surface area contributed by atoms with Crippen molar-refractivity contribution in [2.24, 2.45) is 0 Å². The summed E-state index contributed by atoms with van der Waals surface area (Å²) in [5.41, 5.74) is 0. The van der Waals surface area contributed by atoms with Gasteiger partial charge in [0.1, 0.15) is 0 Å². The molecule has 75 heavy (non-hydrogen) atoms. The molecule has 0 fully saturated rings. The standard InChI is InChI=1S/C69H133NO5/c1-3-5-7-9-11-13-15-17-18-19-29-32-35-38-41-45-49-53-57-61-67(72)66(65-71)70-68(73)62-58-54-50-46-42-39-36-33-30-27-25-23-21-20-22-24-26-28-31-34-37-40-44-48-52-56-60-64-75-69(74)63-59-55-51-47-43-16-14-12-10-8-6-4-2/h20-21,57,61,66-67,71-72H,3-19,22-56,58-60,62-65H2,1-2H3,(H,70,73)/b21-20-,61-57+.